The monoisotopic (exact) mass is 168 g/mol. The van der Waals surface area contributed by atoms with Gasteiger partial charge in [0.25, 0.3) is 0 Å². The van der Waals surface area contributed by atoms with Crippen molar-refractivity contribution in [2.75, 3.05) is 13.1 Å². The maximum Gasteiger partial charge on any atom is 0.0362 e. The molecule has 0 N–H and O–H groups in total. The van der Waals surface area contributed by atoms with Crippen LogP contribution in [0.4, 0.5) is 0 Å². The molecule has 0 bridgehead atoms. The first-order valence-corrected chi connectivity index (χ1v) is 5.42. The minimum atomic E-state index is 1.31. The fourth-order valence-corrected chi connectivity index (χ4v) is 1.89. The molecule has 1 nitrogen and oxygen atoms in total. The van der Waals surface area contributed by atoms with E-state index in [-0.39, 0.29) is 0 Å². The highest BCUT2D eigenvalue weighted by Gasteiger charge is 2.17. The van der Waals surface area contributed by atoms with E-state index in [4.69, 9.17) is 0 Å². The molecular formula is C11H22N. The van der Waals surface area contributed by atoms with E-state index in [0.717, 1.165) is 0 Å². The second-order valence-corrected chi connectivity index (χ2v) is 3.89. The minimum absolute atomic E-state index is 1.31. The van der Waals surface area contributed by atoms with Gasteiger partial charge >= 0.3 is 0 Å². The highest BCUT2D eigenvalue weighted by Crippen LogP contribution is 2.22. The number of hydrogen-bond donors (Lipinski definition) is 0. The summed E-state index contributed by atoms with van der Waals surface area (Å²) in [5.74, 6) is 0. The third kappa shape index (κ3) is 3.14. The van der Waals surface area contributed by atoms with Gasteiger partial charge in [0.05, 0.1) is 0 Å². The van der Waals surface area contributed by atoms with Crippen molar-refractivity contribution in [2.24, 2.45) is 0 Å². The van der Waals surface area contributed by atoms with Crippen molar-refractivity contribution in [3.8, 4) is 0 Å². The van der Waals surface area contributed by atoms with Gasteiger partial charge in [0, 0.05) is 6.04 Å². The average Bonchev–Trinajstić information content (AvgIpc) is 2.09. The predicted molar refractivity (Wildman–Crippen MR) is 53.9 cm³/mol. The number of nitrogens with zero attached hydrogens (tertiary/aromatic N) is 1. The van der Waals surface area contributed by atoms with Crippen molar-refractivity contribution in [1.29, 1.82) is 0 Å². The van der Waals surface area contributed by atoms with E-state index in [1.807, 2.05) is 0 Å². The molecule has 0 unspecified atom stereocenters. The fourth-order valence-electron chi connectivity index (χ4n) is 1.89. The van der Waals surface area contributed by atoms with E-state index in [2.05, 4.69) is 18.7 Å². The SMILES string of the molecule is CCCCCN1CCCC[C]1C. The summed E-state index contributed by atoms with van der Waals surface area (Å²) in [5.41, 5.74) is 0. The Morgan fingerprint density at radius 3 is 2.75 bits per heavy atom. The summed E-state index contributed by atoms with van der Waals surface area (Å²) >= 11 is 0. The van der Waals surface area contributed by atoms with Crippen LogP contribution in [0.25, 0.3) is 0 Å². The van der Waals surface area contributed by atoms with E-state index >= 15 is 0 Å². The van der Waals surface area contributed by atoms with Crippen molar-refractivity contribution in [2.45, 2.75) is 52.4 Å². The number of piperidine rings is 1. The van der Waals surface area contributed by atoms with Crippen LogP contribution in [0.2, 0.25) is 0 Å². The Bertz CT molecular complexity index is 112. The Morgan fingerprint density at radius 1 is 1.25 bits per heavy atom. The second-order valence-electron chi connectivity index (χ2n) is 3.89. The van der Waals surface area contributed by atoms with Gasteiger partial charge in [-0.1, -0.05) is 26.2 Å². The number of likely N-dealkylation sites (tertiary alicyclic amines) is 1. The molecule has 1 heterocycles. The topological polar surface area (TPSA) is 3.24 Å². The van der Waals surface area contributed by atoms with Gasteiger partial charge in [-0.2, -0.15) is 0 Å². The molecule has 1 aliphatic heterocycles. The number of hydrogen-bond acceptors (Lipinski definition) is 1. The van der Waals surface area contributed by atoms with Crippen LogP contribution >= 0.6 is 0 Å². The summed E-state index contributed by atoms with van der Waals surface area (Å²) in [7, 11) is 0. The molecular weight excluding hydrogens is 146 g/mol. The van der Waals surface area contributed by atoms with Crippen LogP contribution in [0.3, 0.4) is 0 Å². The summed E-state index contributed by atoms with van der Waals surface area (Å²) < 4.78 is 0. The van der Waals surface area contributed by atoms with Gasteiger partial charge in [-0.25, -0.2) is 0 Å². The molecule has 0 saturated carbocycles. The zero-order valence-electron chi connectivity index (χ0n) is 8.60. The molecule has 0 aromatic heterocycles. The number of rotatable bonds is 4. The highest BCUT2D eigenvalue weighted by molar-refractivity contribution is 4.88. The molecule has 12 heavy (non-hydrogen) atoms. The average molecular weight is 168 g/mol. The van der Waals surface area contributed by atoms with Crippen LogP contribution in [0, 0.1) is 6.04 Å². The molecule has 71 valence electrons. The Hall–Kier alpha value is -0.0400. The fraction of sp³-hybridized carbons (Fsp3) is 0.909. The van der Waals surface area contributed by atoms with Gasteiger partial charge in [0.15, 0.2) is 0 Å². The Labute approximate surface area is 77.1 Å². The third-order valence-corrected chi connectivity index (χ3v) is 2.79. The maximum atomic E-state index is 2.58. The van der Waals surface area contributed by atoms with E-state index in [1.165, 1.54) is 51.6 Å². The largest absolute Gasteiger partial charge is 0.296 e. The van der Waals surface area contributed by atoms with Gasteiger partial charge in [-0.05, 0) is 39.3 Å². The first-order valence-electron chi connectivity index (χ1n) is 5.42. The van der Waals surface area contributed by atoms with E-state index in [1.54, 1.807) is 6.04 Å². The second kappa shape index (κ2) is 5.58. The van der Waals surface area contributed by atoms with Crippen LogP contribution in [-0.2, 0) is 0 Å². The molecule has 0 aromatic carbocycles. The van der Waals surface area contributed by atoms with Crippen molar-refractivity contribution in [1.82, 2.24) is 4.90 Å². The Morgan fingerprint density at radius 2 is 2.08 bits per heavy atom. The van der Waals surface area contributed by atoms with E-state index < -0.39 is 0 Å². The van der Waals surface area contributed by atoms with Gasteiger partial charge < -0.3 is 0 Å². The highest BCUT2D eigenvalue weighted by atomic mass is 15.1. The summed E-state index contributed by atoms with van der Waals surface area (Å²) in [4.78, 5) is 2.58. The molecule has 1 saturated heterocycles. The lowest BCUT2D eigenvalue weighted by Gasteiger charge is -2.32. The van der Waals surface area contributed by atoms with Crippen molar-refractivity contribution < 1.29 is 0 Å². The van der Waals surface area contributed by atoms with Gasteiger partial charge in [0.1, 0.15) is 0 Å². The lowest BCUT2D eigenvalue weighted by Crippen LogP contribution is -2.32. The Kier molecular flexibility index (Phi) is 4.67. The minimum Gasteiger partial charge on any atom is -0.296 e. The zero-order chi connectivity index (χ0) is 8.81. The van der Waals surface area contributed by atoms with Crippen LogP contribution in [0.15, 0.2) is 0 Å². The summed E-state index contributed by atoms with van der Waals surface area (Å²) in [6.45, 7) is 7.19. The standard InChI is InChI=1S/C11H22N/c1-3-4-6-9-12-10-7-5-8-11(12)2/h3-10H2,1-2H3. The first kappa shape index (κ1) is 10.0. The van der Waals surface area contributed by atoms with Crippen LogP contribution in [0.5, 0.6) is 0 Å². The van der Waals surface area contributed by atoms with E-state index in [9.17, 15) is 0 Å². The molecule has 0 aliphatic carbocycles. The maximum absolute atomic E-state index is 2.58. The molecule has 0 atom stereocenters. The first-order chi connectivity index (χ1) is 5.84. The predicted octanol–water partition coefficient (Wildman–Crippen LogP) is 3.21. The lowest BCUT2D eigenvalue weighted by atomic mass is 10.0. The Balaban J connectivity index is 2.11. The molecule has 0 amide bonds. The summed E-state index contributed by atoms with van der Waals surface area (Å²) in [5, 5.41) is 0. The summed E-state index contributed by atoms with van der Waals surface area (Å²) in [6, 6.07) is 1.62. The molecule has 0 spiro atoms. The van der Waals surface area contributed by atoms with Crippen LogP contribution in [0.1, 0.15) is 52.4 Å². The molecule has 0 aromatic rings. The van der Waals surface area contributed by atoms with Gasteiger partial charge in [0.2, 0.25) is 0 Å². The van der Waals surface area contributed by atoms with Crippen molar-refractivity contribution in [3.05, 3.63) is 6.04 Å². The zero-order valence-corrected chi connectivity index (χ0v) is 8.60. The molecule has 1 fully saturated rings. The molecule has 1 aliphatic rings. The lowest BCUT2D eigenvalue weighted by molar-refractivity contribution is 0.231. The quantitative estimate of drug-likeness (QED) is 0.583. The molecule has 1 heteroatoms. The molecule has 1 rings (SSSR count). The van der Waals surface area contributed by atoms with Gasteiger partial charge in [-0.3, -0.25) is 4.90 Å². The normalized spacial score (nSPS) is 21.5. The van der Waals surface area contributed by atoms with E-state index in [0.29, 0.717) is 0 Å². The smallest absolute Gasteiger partial charge is 0.0362 e. The molecule has 1 radical (unpaired) electrons. The third-order valence-electron chi connectivity index (χ3n) is 2.79. The number of unbranched alkanes of at least 4 members (excludes halogenated alkanes) is 2. The van der Waals surface area contributed by atoms with Gasteiger partial charge in [-0.15, -0.1) is 0 Å². The van der Waals surface area contributed by atoms with Crippen LogP contribution in [-0.4, -0.2) is 18.0 Å². The van der Waals surface area contributed by atoms with Crippen molar-refractivity contribution in [3.63, 3.8) is 0 Å². The van der Waals surface area contributed by atoms with Crippen molar-refractivity contribution >= 4 is 0 Å². The summed E-state index contributed by atoms with van der Waals surface area (Å²) in [6.07, 6.45) is 8.27. The van der Waals surface area contributed by atoms with Crippen LogP contribution < -0.4 is 0 Å².